The summed E-state index contributed by atoms with van der Waals surface area (Å²) in [5.41, 5.74) is 0.0433. The molecule has 0 aliphatic carbocycles. The van der Waals surface area contributed by atoms with Gasteiger partial charge in [0, 0.05) is 25.2 Å². The van der Waals surface area contributed by atoms with Crippen molar-refractivity contribution >= 4 is 26.9 Å². The predicted octanol–water partition coefficient (Wildman–Crippen LogP) is 2.47. The maximum atomic E-state index is 15.1. The molecule has 0 spiro atoms. The maximum Gasteiger partial charge on any atom is 0.420 e. The van der Waals surface area contributed by atoms with Gasteiger partial charge in [-0.05, 0) is 30.2 Å². The summed E-state index contributed by atoms with van der Waals surface area (Å²) in [5.74, 6) is -3.22. The van der Waals surface area contributed by atoms with Crippen LogP contribution in [0.15, 0.2) is 68.7 Å². The van der Waals surface area contributed by atoms with Gasteiger partial charge in [0.05, 0.1) is 11.6 Å². The molecule has 1 aliphatic heterocycles. The topological polar surface area (TPSA) is 126 Å². The number of hydrogen-bond donors (Lipinski definition) is 3. The molecule has 0 amide bonds. The number of β-amino-alcohol motifs (C(OH)–C–C–N with tert-alkyl or cyclic N) is 1. The van der Waals surface area contributed by atoms with Crippen LogP contribution in [0, 0.1) is 11.8 Å². The number of sulfonamides is 1. The number of aromatic nitrogens is 2. The van der Waals surface area contributed by atoms with Gasteiger partial charge in [0.2, 0.25) is 5.95 Å². The second kappa shape index (κ2) is 8.26. The van der Waals surface area contributed by atoms with E-state index in [0.29, 0.717) is 24.2 Å². The van der Waals surface area contributed by atoms with Crippen LogP contribution in [0.25, 0.3) is 11.1 Å². The van der Waals surface area contributed by atoms with Crippen LogP contribution in [0.1, 0.15) is 24.1 Å². The van der Waals surface area contributed by atoms with Gasteiger partial charge in [-0.25, -0.2) is 22.6 Å². The van der Waals surface area contributed by atoms with Crippen LogP contribution in [0.2, 0.25) is 0 Å². The highest BCUT2D eigenvalue weighted by Gasteiger charge is 2.39. The van der Waals surface area contributed by atoms with E-state index in [4.69, 9.17) is 4.42 Å². The van der Waals surface area contributed by atoms with Crippen molar-refractivity contribution in [3.05, 3.63) is 88.0 Å². The average molecular weight is 502 g/mol. The minimum atomic E-state index is -4.52. The zero-order valence-corrected chi connectivity index (χ0v) is 19.1. The molecule has 1 saturated heterocycles. The van der Waals surface area contributed by atoms with E-state index in [2.05, 4.69) is 10.3 Å². The summed E-state index contributed by atoms with van der Waals surface area (Å²) >= 11 is 0. The molecule has 0 saturated carbocycles. The number of halogens is 2. The van der Waals surface area contributed by atoms with Crippen molar-refractivity contribution in [3.8, 4) is 0 Å². The van der Waals surface area contributed by atoms with E-state index in [-0.39, 0.29) is 16.9 Å². The van der Waals surface area contributed by atoms with Crippen LogP contribution >= 0.6 is 0 Å². The standard InChI is InChI=1S/C23H20F2N4O5S/c1-13(14-5-2-3-6-15(14)23(31)11-26-12-23)29-17-9-16(24)19(10-18(17)34-22(29)30)35(32,33)28-21-8-4-7-20(25)27-21/h2-10,13,26,31H,11-12H2,1H3,(H,27,28). The molecule has 2 aromatic carbocycles. The molecule has 1 aliphatic rings. The fraction of sp³-hybridized carbons (Fsp3) is 0.217. The zero-order chi connectivity index (χ0) is 25.0. The first-order valence-electron chi connectivity index (χ1n) is 10.6. The third kappa shape index (κ3) is 3.99. The summed E-state index contributed by atoms with van der Waals surface area (Å²) in [4.78, 5) is 15.4. The molecule has 0 radical (unpaired) electrons. The van der Waals surface area contributed by atoms with Gasteiger partial charge in [-0.2, -0.15) is 4.39 Å². The number of nitrogens with one attached hydrogen (secondary N) is 2. The highest BCUT2D eigenvalue weighted by atomic mass is 32.2. The molecule has 1 atom stereocenters. The Balaban J connectivity index is 1.58. The molecular weight excluding hydrogens is 482 g/mol. The van der Waals surface area contributed by atoms with Gasteiger partial charge in [0.1, 0.15) is 22.1 Å². The first kappa shape index (κ1) is 23.1. The van der Waals surface area contributed by atoms with E-state index < -0.39 is 44.1 Å². The van der Waals surface area contributed by atoms with Crippen molar-refractivity contribution in [2.45, 2.75) is 23.5 Å². The van der Waals surface area contributed by atoms with Crippen LogP contribution in [0.5, 0.6) is 0 Å². The van der Waals surface area contributed by atoms with E-state index in [1.165, 1.54) is 16.7 Å². The Labute approximate surface area is 198 Å². The number of benzene rings is 2. The quantitative estimate of drug-likeness (QED) is 0.346. The van der Waals surface area contributed by atoms with Crippen molar-refractivity contribution in [1.82, 2.24) is 14.9 Å². The predicted molar refractivity (Wildman–Crippen MR) is 122 cm³/mol. The highest BCUT2D eigenvalue weighted by molar-refractivity contribution is 7.92. The monoisotopic (exact) mass is 502 g/mol. The third-order valence-corrected chi connectivity index (χ3v) is 7.41. The maximum absolute atomic E-state index is 15.1. The Morgan fingerprint density at radius 1 is 1.17 bits per heavy atom. The van der Waals surface area contributed by atoms with Crippen LogP contribution in [0.4, 0.5) is 14.6 Å². The number of nitrogens with zero attached hydrogens (tertiary/aromatic N) is 2. The number of aliphatic hydroxyl groups is 1. The van der Waals surface area contributed by atoms with E-state index >= 15 is 4.39 Å². The number of hydrogen-bond acceptors (Lipinski definition) is 7. The molecule has 1 fully saturated rings. The zero-order valence-electron chi connectivity index (χ0n) is 18.3. The molecule has 3 heterocycles. The highest BCUT2D eigenvalue weighted by Crippen LogP contribution is 2.34. The molecule has 182 valence electrons. The van der Waals surface area contributed by atoms with Crippen molar-refractivity contribution in [2.75, 3.05) is 17.8 Å². The van der Waals surface area contributed by atoms with Crippen molar-refractivity contribution in [1.29, 1.82) is 0 Å². The number of rotatable bonds is 6. The lowest BCUT2D eigenvalue weighted by Gasteiger charge is -2.40. The Bertz CT molecular complexity index is 1610. The number of pyridine rings is 1. The van der Waals surface area contributed by atoms with Gasteiger partial charge in [0.25, 0.3) is 10.0 Å². The molecule has 0 bridgehead atoms. The van der Waals surface area contributed by atoms with E-state index in [9.17, 15) is 22.7 Å². The van der Waals surface area contributed by atoms with Gasteiger partial charge in [-0.1, -0.05) is 30.3 Å². The van der Waals surface area contributed by atoms with Crippen molar-refractivity contribution < 1.29 is 26.7 Å². The average Bonchev–Trinajstić information content (AvgIpc) is 3.10. The van der Waals surface area contributed by atoms with E-state index in [0.717, 1.165) is 18.2 Å². The number of fused-ring (bicyclic) bond motifs is 1. The van der Waals surface area contributed by atoms with E-state index in [1.807, 2.05) is 4.72 Å². The largest absolute Gasteiger partial charge is 0.420 e. The summed E-state index contributed by atoms with van der Waals surface area (Å²) in [6.45, 7) is 2.39. The molecular formula is C23H20F2N4O5S. The minimum absolute atomic E-state index is 0.0383. The number of anilines is 1. The van der Waals surface area contributed by atoms with Gasteiger partial charge in [-0.15, -0.1) is 0 Å². The van der Waals surface area contributed by atoms with E-state index in [1.54, 1.807) is 31.2 Å². The molecule has 9 nitrogen and oxygen atoms in total. The Kier molecular flexibility index (Phi) is 5.46. The second-order valence-corrected chi connectivity index (χ2v) is 9.99. The van der Waals surface area contributed by atoms with Crippen molar-refractivity contribution in [3.63, 3.8) is 0 Å². The van der Waals surface area contributed by atoms with Crippen LogP contribution in [-0.4, -0.2) is 36.2 Å². The normalized spacial score (nSPS) is 16.1. The molecule has 12 heteroatoms. The molecule has 3 N–H and O–H groups in total. The summed E-state index contributed by atoms with van der Waals surface area (Å²) < 4.78 is 62.4. The molecule has 1 unspecified atom stereocenters. The van der Waals surface area contributed by atoms with Crippen LogP contribution in [0.3, 0.4) is 0 Å². The molecule has 5 rings (SSSR count). The SMILES string of the molecule is CC(c1ccccc1C1(O)CNC1)n1c(=O)oc2cc(S(=O)(=O)Nc3cccc(F)n3)c(F)cc21. The first-order valence-corrected chi connectivity index (χ1v) is 12.1. The fourth-order valence-corrected chi connectivity index (χ4v) is 5.32. The van der Waals surface area contributed by atoms with Crippen LogP contribution in [-0.2, 0) is 15.6 Å². The second-order valence-electron chi connectivity index (χ2n) is 8.34. The summed E-state index contributed by atoms with van der Waals surface area (Å²) in [6, 6.07) is 11.7. The number of oxazole rings is 1. The van der Waals surface area contributed by atoms with Crippen LogP contribution < -0.4 is 15.8 Å². The van der Waals surface area contributed by atoms with Gasteiger partial charge >= 0.3 is 5.76 Å². The fourth-order valence-electron chi connectivity index (χ4n) is 4.24. The summed E-state index contributed by atoms with van der Waals surface area (Å²) in [7, 11) is -4.52. The van der Waals surface area contributed by atoms with Crippen molar-refractivity contribution in [2.24, 2.45) is 0 Å². The first-order chi connectivity index (χ1) is 16.6. The molecule has 4 aromatic rings. The summed E-state index contributed by atoms with van der Waals surface area (Å²) in [5, 5.41) is 13.9. The Hall–Kier alpha value is -3.61. The lowest BCUT2D eigenvalue weighted by atomic mass is 9.83. The Morgan fingerprint density at radius 2 is 1.91 bits per heavy atom. The Morgan fingerprint density at radius 3 is 2.60 bits per heavy atom. The molecule has 2 aromatic heterocycles. The van der Waals surface area contributed by atoms with Gasteiger partial charge in [0.15, 0.2) is 5.58 Å². The van der Waals surface area contributed by atoms with Gasteiger partial charge < -0.3 is 14.8 Å². The lowest BCUT2D eigenvalue weighted by molar-refractivity contribution is -0.0157. The smallest absolute Gasteiger partial charge is 0.408 e. The van der Waals surface area contributed by atoms with Gasteiger partial charge in [-0.3, -0.25) is 9.29 Å². The minimum Gasteiger partial charge on any atom is -0.408 e. The third-order valence-electron chi connectivity index (χ3n) is 6.04. The molecule has 35 heavy (non-hydrogen) atoms. The summed E-state index contributed by atoms with van der Waals surface area (Å²) in [6.07, 6.45) is 0. The lowest BCUT2D eigenvalue weighted by Crippen LogP contribution is -2.57.